The van der Waals surface area contributed by atoms with Gasteiger partial charge in [-0.15, -0.1) is 0 Å². The zero-order valence-corrected chi connectivity index (χ0v) is 13.7. The van der Waals surface area contributed by atoms with Crippen molar-refractivity contribution in [1.29, 1.82) is 5.26 Å². The molecule has 122 valence electrons. The summed E-state index contributed by atoms with van der Waals surface area (Å²) in [4.78, 5) is 26.1. The van der Waals surface area contributed by atoms with Crippen LogP contribution in [0, 0.1) is 18.3 Å². The van der Waals surface area contributed by atoms with E-state index in [0.29, 0.717) is 17.8 Å². The molecule has 0 aliphatic carbocycles. The normalized spacial score (nSPS) is 9.88. The van der Waals surface area contributed by atoms with E-state index in [2.05, 4.69) is 5.32 Å². The number of anilines is 2. The lowest BCUT2D eigenvalue weighted by molar-refractivity contribution is -0.125. The van der Waals surface area contributed by atoms with Gasteiger partial charge in [-0.05, 0) is 49.7 Å². The van der Waals surface area contributed by atoms with Gasteiger partial charge in [-0.3, -0.25) is 9.59 Å². The van der Waals surface area contributed by atoms with E-state index in [9.17, 15) is 9.59 Å². The minimum absolute atomic E-state index is 0.251. The Morgan fingerprint density at radius 2 is 1.92 bits per heavy atom. The van der Waals surface area contributed by atoms with Crippen molar-refractivity contribution in [1.82, 2.24) is 0 Å². The van der Waals surface area contributed by atoms with Gasteiger partial charge in [0.15, 0.2) is 0 Å². The van der Waals surface area contributed by atoms with E-state index in [4.69, 9.17) is 5.26 Å². The minimum Gasteiger partial charge on any atom is -0.326 e. The summed E-state index contributed by atoms with van der Waals surface area (Å²) in [6.45, 7) is 4.31. The fraction of sp³-hybridized carbons (Fsp3) is 0.211. The quantitative estimate of drug-likeness (QED) is 0.859. The third kappa shape index (κ3) is 4.43. The van der Waals surface area contributed by atoms with E-state index < -0.39 is 5.91 Å². The third-order valence-corrected chi connectivity index (χ3v) is 3.52. The Labute approximate surface area is 141 Å². The summed E-state index contributed by atoms with van der Waals surface area (Å²) in [6.07, 6.45) is -0.251. The van der Waals surface area contributed by atoms with Crippen molar-refractivity contribution in [3.05, 3.63) is 59.7 Å². The summed E-state index contributed by atoms with van der Waals surface area (Å²) >= 11 is 0. The molecule has 0 heterocycles. The highest BCUT2D eigenvalue weighted by atomic mass is 16.2. The van der Waals surface area contributed by atoms with Gasteiger partial charge < -0.3 is 10.2 Å². The number of nitriles is 1. The van der Waals surface area contributed by atoms with Gasteiger partial charge in [0.25, 0.3) is 0 Å². The average Bonchev–Trinajstić information content (AvgIpc) is 2.55. The van der Waals surface area contributed by atoms with Crippen LogP contribution in [-0.2, 0) is 9.59 Å². The standard InChI is InChI=1S/C19H19N3O2/c1-3-22(17-9-4-6-14(2)10-17)19(24)12-18(23)21-16-8-5-7-15(11-16)13-20/h4-11H,3,12H2,1-2H3,(H,21,23). The molecule has 0 fully saturated rings. The molecule has 0 spiro atoms. The van der Waals surface area contributed by atoms with E-state index in [1.54, 1.807) is 29.2 Å². The van der Waals surface area contributed by atoms with Crippen LogP contribution in [-0.4, -0.2) is 18.4 Å². The van der Waals surface area contributed by atoms with Crippen LogP contribution < -0.4 is 10.2 Å². The van der Waals surface area contributed by atoms with Crippen molar-refractivity contribution in [3.8, 4) is 6.07 Å². The predicted molar refractivity (Wildman–Crippen MR) is 93.6 cm³/mol. The number of amides is 2. The number of carbonyl (C=O) groups is 2. The predicted octanol–water partition coefficient (Wildman–Crippen LogP) is 3.25. The zero-order chi connectivity index (χ0) is 17.5. The van der Waals surface area contributed by atoms with Gasteiger partial charge in [-0.25, -0.2) is 0 Å². The number of hydrogen-bond donors (Lipinski definition) is 1. The van der Waals surface area contributed by atoms with Crippen molar-refractivity contribution in [3.63, 3.8) is 0 Å². The van der Waals surface area contributed by atoms with Gasteiger partial charge in [0.1, 0.15) is 6.42 Å². The fourth-order valence-corrected chi connectivity index (χ4v) is 2.40. The molecule has 0 aliphatic rings. The van der Waals surface area contributed by atoms with Crippen LogP contribution in [0.25, 0.3) is 0 Å². The summed E-state index contributed by atoms with van der Waals surface area (Å²) in [5.74, 6) is -0.668. The second-order valence-corrected chi connectivity index (χ2v) is 5.39. The highest BCUT2D eigenvalue weighted by Crippen LogP contribution is 2.17. The Morgan fingerprint density at radius 3 is 2.58 bits per heavy atom. The molecule has 0 saturated heterocycles. The van der Waals surface area contributed by atoms with Gasteiger partial charge in [0.05, 0.1) is 11.6 Å². The summed E-state index contributed by atoms with van der Waals surface area (Å²) in [5.41, 5.74) is 2.79. The zero-order valence-electron chi connectivity index (χ0n) is 13.7. The number of benzene rings is 2. The Kier molecular flexibility index (Phi) is 5.69. The van der Waals surface area contributed by atoms with Gasteiger partial charge in [-0.2, -0.15) is 5.26 Å². The Hall–Kier alpha value is -3.13. The van der Waals surface area contributed by atoms with Gasteiger partial charge in [-0.1, -0.05) is 18.2 Å². The first-order valence-corrected chi connectivity index (χ1v) is 7.70. The Balaban J connectivity index is 2.04. The van der Waals surface area contributed by atoms with Gasteiger partial charge >= 0.3 is 0 Å². The van der Waals surface area contributed by atoms with Crippen LogP contribution in [0.4, 0.5) is 11.4 Å². The van der Waals surface area contributed by atoms with Crippen molar-refractivity contribution in [2.24, 2.45) is 0 Å². The monoisotopic (exact) mass is 321 g/mol. The smallest absolute Gasteiger partial charge is 0.236 e. The first-order valence-electron chi connectivity index (χ1n) is 7.70. The molecule has 0 aliphatic heterocycles. The highest BCUT2D eigenvalue weighted by Gasteiger charge is 2.17. The summed E-state index contributed by atoms with van der Waals surface area (Å²) in [5, 5.41) is 11.5. The Morgan fingerprint density at radius 1 is 1.17 bits per heavy atom. The summed E-state index contributed by atoms with van der Waals surface area (Å²) in [6, 6.07) is 16.2. The number of rotatable bonds is 5. The van der Waals surface area contributed by atoms with Gasteiger partial charge in [0, 0.05) is 17.9 Å². The molecule has 5 nitrogen and oxygen atoms in total. The molecule has 2 aromatic carbocycles. The third-order valence-electron chi connectivity index (χ3n) is 3.52. The van der Waals surface area contributed by atoms with Crippen molar-refractivity contribution in [2.75, 3.05) is 16.8 Å². The number of nitrogens with one attached hydrogen (secondary N) is 1. The molecule has 24 heavy (non-hydrogen) atoms. The molecule has 2 amide bonds. The lowest BCUT2D eigenvalue weighted by Crippen LogP contribution is -2.33. The number of hydrogen-bond acceptors (Lipinski definition) is 3. The van der Waals surface area contributed by atoms with Crippen LogP contribution >= 0.6 is 0 Å². The molecule has 0 aromatic heterocycles. The largest absolute Gasteiger partial charge is 0.326 e. The van der Waals surface area contributed by atoms with Crippen LogP contribution in [0.3, 0.4) is 0 Å². The van der Waals surface area contributed by atoms with E-state index >= 15 is 0 Å². The summed E-state index contributed by atoms with van der Waals surface area (Å²) in [7, 11) is 0. The van der Waals surface area contributed by atoms with E-state index in [-0.39, 0.29) is 12.3 Å². The molecule has 0 unspecified atom stereocenters. The van der Waals surface area contributed by atoms with Crippen LogP contribution in [0.2, 0.25) is 0 Å². The SMILES string of the molecule is CCN(C(=O)CC(=O)Nc1cccc(C#N)c1)c1cccc(C)c1. The molecular weight excluding hydrogens is 302 g/mol. The fourth-order valence-electron chi connectivity index (χ4n) is 2.40. The van der Waals surface area contributed by atoms with Crippen molar-refractivity contribution in [2.45, 2.75) is 20.3 Å². The number of nitrogens with zero attached hydrogens (tertiary/aromatic N) is 2. The molecule has 0 radical (unpaired) electrons. The second kappa shape index (κ2) is 7.93. The molecule has 0 atom stereocenters. The minimum atomic E-state index is -0.402. The van der Waals surface area contributed by atoms with Crippen LogP contribution in [0.1, 0.15) is 24.5 Å². The van der Waals surface area contributed by atoms with Crippen LogP contribution in [0.5, 0.6) is 0 Å². The molecular formula is C19H19N3O2. The number of carbonyl (C=O) groups excluding carboxylic acids is 2. The molecule has 2 rings (SSSR count). The topological polar surface area (TPSA) is 73.2 Å². The van der Waals surface area contributed by atoms with Crippen LogP contribution in [0.15, 0.2) is 48.5 Å². The maximum Gasteiger partial charge on any atom is 0.236 e. The first kappa shape index (κ1) is 17.2. The lowest BCUT2D eigenvalue weighted by Gasteiger charge is -2.21. The van der Waals surface area contributed by atoms with Crippen molar-refractivity contribution < 1.29 is 9.59 Å². The highest BCUT2D eigenvalue weighted by molar-refractivity contribution is 6.09. The Bertz CT molecular complexity index is 793. The van der Waals surface area contributed by atoms with Crippen molar-refractivity contribution >= 4 is 23.2 Å². The maximum atomic E-state index is 12.4. The van der Waals surface area contributed by atoms with E-state index in [1.165, 1.54) is 0 Å². The van der Waals surface area contributed by atoms with E-state index in [1.807, 2.05) is 44.2 Å². The molecule has 1 N–H and O–H groups in total. The van der Waals surface area contributed by atoms with E-state index in [0.717, 1.165) is 11.3 Å². The molecule has 0 saturated carbocycles. The molecule has 2 aromatic rings. The first-order chi connectivity index (χ1) is 11.5. The second-order valence-electron chi connectivity index (χ2n) is 5.39. The van der Waals surface area contributed by atoms with Gasteiger partial charge in [0.2, 0.25) is 11.8 Å². The molecule has 0 bridgehead atoms. The number of aryl methyl sites for hydroxylation is 1. The lowest BCUT2D eigenvalue weighted by atomic mass is 10.2. The average molecular weight is 321 g/mol. The molecule has 5 heteroatoms. The summed E-state index contributed by atoms with van der Waals surface area (Å²) < 4.78 is 0. The maximum absolute atomic E-state index is 12.4.